The lowest BCUT2D eigenvalue weighted by atomic mass is 9.54. The highest BCUT2D eigenvalue weighted by Gasteiger charge is 2.65. The lowest BCUT2D eigenvalue weighted by Gasteiger charge is -2.58. The number of fused-ring (bicyclic) bond motifs is 5. The van der Waals surface area contributed by atoms with Gasteiger partial charge in [-0.1, -0.05) is 42.5 Å². The molecule has 5 nitrogen and oxygen atoms in total. The number of aromatic nitrogens is 2. The molecule has 0 amide bonds. The van der Waals surface area contributed by atoms with E-state index in [0.717, 1.165) is 57.3 Å². The summed E-state index contributed by atoms with van der Waals surface area (Å²) in [5.41, 5.74) is 4.00. The molecule has 1 spiro atoms. The zero-order valence-electron chi connectivity index (χ0n) is 24.3. The second kappa shape index (κ2) is 10.2. The van der Waals surface area contributed by atoms with E-state index in [1.54, 1.807) is 0 Å². The van der Waals surface area contributed by atoms with E-state index in [4.69, 9.17) is 4.98 Å². The van der Waals surface area contributed by atoms with Gasteiger partial charge in [-0.05, 0) is 107 Å². The average molecular weight is 549 g/mol. The zero-order chi connectivity index (χ0) is 27.4. The van der Waals surface area contributed by atoms with Crippen molar-refractivity contribution >= 4 is 27.4 Å². The van der Waals surface area contributed by atoms with Crippen LogP contribution in [0.15, 0.2) is 67.0 Å². The number of allylic oxidation sites excluding steroid dienone is 4. The average Bonchev–Trinajstić information content (AvgIpc) is 3.49. The fourth-order valence-corrected chi connectivity index (χ4v) is 9.60. The second-order valence-corrected chi connectivity index (χ2v) is 13.6. The predicted octanol–water partition coefficient (Wildman–Crippen LogP) is 6.86. The summed E-state index contributed by atoms with van der Waals surface area (Å²) in [7, 11) is 0. The van der Waals surface area contributed by atoms with E-state index in [9.17, 15) is 5.11 Å². The van der Waals surface area contributed by atoms with Gasteiger partial charge in [0.05, 0.1) is 17.2 Å². The number of H-pyrrole nitrogens is 1. The third kappa shape index (κ3) is 4.18. The lowest BCUT2D eigenvalue weighted by molar-refractivity contribution is -0.0894. The highest BCUT2D eigenvalue weighted by molar-refractivity contribution is 6.10. The summed E-state index contributed by atoms with van der Waals surface area (Å²) in [6.45, 7) is 4.49. The fraction of sp³-hybridized carbons (Fsp3) is 0.528. The molecule has 2 fully saturated rings. The van der Waals surface area contributed by atoms with Crippen LogP contribution in [-0.4, -0.2) is 68.7 Å². The van der Waals surface area contributed by atoms with Gasteiger partial charge in [0.1, 0.15) is 0 Å². The summed E-state index contributed by atoms with van der Waals surface area (Å²) in [5.74, 6) is 0.408. The highest BCUT2D eigenvalue weighted by Crippen LogP contribution is 2.62. The van der Waals surface area contributed by atoms with Crippen LogP contribution in [0.2, 0.25) is 0 Å². The molecule has 3 aromatic rings. The second-order valence-electron chi connectivity index (χ2n) is 13.6. The number of aromatic amines is 1. The Hall–Kier alpha value is -2.73. The smallest absolute Gasteiger partial charge is 0.0997 e. The molecule has 0 unspecified atom stereocenters. The minimum absolute atomic E-state index is 0.0162. The number of hydrogen-bond donors (Lipinski definition) is 2. The van der Waals surface area contributed by atoms with Gasteiger partial charge in [-0.2, -0.15) is 0 Å². The van der Waals surface area contributed by atoms with Gasteiger partial charge >= 0.3 is 0 Å². The quantitative estimate of drug-likeness (QED) is 0.326. The maximum Gasteiger partial charge on any atom is 0.0997 e. The Labute approximate surface area is 244 Å². The molecule has 5 aliphatic rings. The van der Waals surface area contributed by atoms with Crippen molar-refractivity contribution in [3.05, 3.63) is 72.6 Å². The Morgan fingerprint density at radius 2 is 1.76 bits per heavy atom. The largest absolute Gasteiger partial charge is 0.384 e. The first-order chi connectivity index (χ1) is 20.2. The van der Waals surface area contributed by atoms with E-state index in [1.165, 1.54) is 66.1 Å². The molecule has 2 saturated heterocycles. The van der Waals surface area contributed by atoms with Gasteiger partial charge in [-0.3, -0.25) is 9.88 Å². The molecule has 0 saturated carbocycles. The van der Waals surface area contributed by atoms with E-state index >= 15 is 0 Å². The van der Waals surface area contributed by atoms with Crippen molar-refractivity contribution < 1.29 is 5.11 Å². The van der Waals surface area contributed by atoms with Crippen molar-refractivity contribution in [1.82, 2.24) is 19.8 Å². The first-order valence-electron chi connectivity index (χ1n) is 16.3. The predicted molar refractivity (Wildman–Crippen MR) is 168 cm³/mol. The van der Waals surface area contributed by atoms with Crippen LogP contribution < -0.4 is 0 Å². The van der Waals surface area contributed by atoms with Gasteiger partial charge in [-0.25, -0.2) is 0 Å². The fourth-order valence-electron chi connectivity index (χ4n) is 9.60. The van der Waals surface area contributed by atoms with Crippen molar-refractivity contribution in [2.75, 3.05) is 26.2 Å². The molecule has 0 radical (unpaired) electrons. The van der Waals surface area contributed by atoms with E-state index in [0.29, 0.717) is 12.0 Å². The zero-order valence-corrected chi connectivity index (χ0v) is 24.3. The summed E-state index contributed by atoms with van der Waals surface area (Å²) < 4.78 is 0. The van der Waals surface area contributed by atoms with Crippen molar-refractivity contribution in [2.45, 2.75) is 81.9 Å². The number of para-hydroxylation sites is 1. The maximum absolute atomic E-state index is 13.1. The summed E-state index contributed by atoms with van der Waals surface area (Å²) in [6, 6.07) is 9.13. The molecule has 214 valence electrons. The molecule has 1 aromatic carbocycles. The van der Waals surface area contributed by atoms with E-state index in [1.807, 2.05) is 6.20 Å². The number of pyridine rings is 1. The minimum atomic E-state index is -0.886. The Balaban J connectivity index is 1.35. The maximum atomic E-state index is 13.1. The first kappa shape index (κ1) is 25.9. The molecule has 4 aliphatic heterocycles. The van der Waals surface area contributed by atoms with Crippen LogP contribution in [-0.2, 0) is 0 Å². The van der Waals surface area contributed by atoms with Crippen molar-refractivity contribution in [1.29, 1.82) is 0 Å². The van der Waals surface area contributed by atoms with Gasteiger partial charge in [-0.15, -0.1) is 0 Å². The molecule has 5 heteroatoms. The molecule has 8 rings (SSSR count). The molecule has 6 heterocycles. The number of piperidine rings is 1. The number of benzene rings is 1. The monoisotopic (exact) mass is 548 g/mol. The number of aliphatic hydroxyl groups is 1. The molecule has 6 atom stereocenters. The van der Waals surface area contributed by atoms with Crippen LogP contribution in [0.1, 0.15) is 69.8 Å². The van der Waals surface area contributed by atoms with Gasteiger partial charge in [0.25, 0.3) is 0 Å². The van der Waals surface area contributed by atoms with Crippen LogP contribution in [0, 0.1) is 11.3 Å². The molecule has 2 N–H and O–H groups in total. The van der Waals surface area contributed by atoms with Crippen molar-refractivity contribution in [2.24, 2.45) is 11.3 Å². The molecule has 1 aliphatic carbocycles. The Kier molecular flexibility index (Phi) is 6.46. The minimum Gasteiger partial charge on any atom is -0.384 e. The molecule has 41 heavy (non-hydrogen) atoms. The van der Waals surface area contributed by atoms with Crippen LogP contribution in [0.25, 0.3) is 27.4 Å². The molecule has 3 bridgehead atoms. The van der Waals surface area contributed by atoms with E-state index < -0.39 is 5.60 Å². The van der Waals surface area contributed by atoms with Gasteiger partial charge in [0, 0.05) is 52.2 Å². The lowest BCUT2D eigenvalue weighted by Crippen LogP contribution is -2.65. The summed E-state index contributed by atoms with van der Waals surface area (Å²) in [4.78, 5) is 14.1. The number of rotatable bonds is 1. The summed E-state index contributed by atoms with van der Waals surface area (Å²) in [5, 5.41) is 15.5. The van der Waals surface area contributed by atoms with E-state index in [-0.39, 0.29) is 11.5 Å². The van der Waals surface area contributed by atoms with Crippen LogP contribution in [0.4, 0.5) is 0 Å². The van der Waals surface area contributed by atoms with Crippen molar-refractivity contribution in [3.63, 3.8) is 0 Å². The Morgan fingerprint density at radius 3 is 2.71 bits per heavy atom. The van der Waals surface area contributed by atoms with Crippen LogP contribution >= 0.6 is 0 Å². The standard InChI is InChI=1S/C36H44N4O/c41-36-17-10-4-1-2-5-11-18-39-20-16-31(35(25-39)21-26-13-7-3-6-12-19-40(26)34(35)36)28(22-36)30-24-37-23-29-27-14-8-9-15-32(27)38-33(29)30/h1,4,7-9,13-15,22-24,26,31,34,38,41H,2-3,5-6,10-12,16-21,25H2/b4-1-,13-7-/t26-,31-,34+,35-,36-/m0/s1. The van der Waals surface area contributed by atoms with Crippen molar-refractivity contribution in [3.8, 4) is 0 Å². The Bertz CT molecular complexity index is 1530. The summed E-state index contributed by atoms with van der Waals surface area (Å²) in [6.07, 6.45) is 27.4. The van der Waals surface area contributed by atoms with Gasteiger partial charge in [0.2, 0.25) is 0 Å². The highest BCUT2D eigenvalue weighted by atomic mass is 16.3. The molecule has 2 aromatic heterocycles. The number of nitrogens with zero attached hydrogens (tertiary/aromatic N) is 3. The summed E-state index contributed by atoms with van der Waals surface area (Å²) >= 11 is 0. The third-order valence-corrected chi connectivity index (χ3v) is 11.2. The number of hydrogen-bond acceptors (Lipinski definition) is 4. The topological polar surface area (TPSA) is 55.4 Å². The van der Waals surface area contributed by atoms with Crippen LogP contribution in [0.3, 0.4) is 0 Å². The third-order valence-electron chi connectivity index (χ3n) is 11.2. The Morgan fingerprint density at radius 1 is 0.902 bits per heavy atom. The van der Waals surface area contributed by atoms with Crippen LogP contribution in [0.5, 0.6) is 0 Å². The van der Waals surface area contributed by atoms with Gasteiger partial charge in [0.15, 0.2) is 0 Å². The normalized spacial score (nSPS) is 37.6. The SMILES string of the molecule is O[C@]12C=C(c3cncc4c3[nH]c3ccccc34)[C@@H]3CC[N@](CCCC/C=C\CC1)C[C@@]31C[C@@H]3/C=C\CCCCN3[C@H]12. The van der Waals surface area contributed by atoms with E-state index in [2.05, 4.69) is 75.6 Å². The molecular formula is C36H44N4O. The first-order valence-corrected chi connectivity index (χ1v) is 16.3. The van der Waals surface area contributed by atoms with Gasteiger partial charge < -0.3 is 15.0 Å². The number of nitrogens with one attached hydrogen (secondary N) is 1. The molecular weight excluding hydrogens is 504 g/mol.